The minimum atomic E-state index is -0.852. The third-order valence-electron chi connectivity index (χ3n) is 4.02. The highest BCUT2D eigenvalue weighted by Gasteiger charge is 2.25. The summed E-state index contributed by atoms with van der Waals surface area (Å²) in [6.07, 6.45) is 0. The van der Waals surface area contributed by atoms with Gasteiger partial charge in [-0.05, 0) is 35.1 Å². The summed E-state index contributed by atoms with van der Waals surface area (Å²) in [7, 11) is 0. The van der Waals surface area contributed by atoms with Gasteiger partial charge in [-0.3, -0.25) is 4.79 Å². The molecule has 0 saturated carbocycles. The van der Waals surface area contributed by atoms with Crippen molar-refractivity contribution in [3.63, 3.8) is 0 Å². The van der Waals surface area contributed by atoms with Crippen LogP contribution in [-0.2, 0) is 16.1 Å². The van der Waals surface area contributed by atoms with Gasteiger partial charge >= 0.3 is 5.97 Å². The molecule has 4 nitrogen and oxygen atoms in total. The van der Waals surface area contributed by atoms with Gasteiger partial charge in [0.15, 0.2) is 6.04 Å². The number of esters is 1. The molecule has 1 atom stereocenters. The largest absolute Gasteiger partial charge is 0.459 e. The third-order valence-corrected chi connectivity index (χ3v) is 4.89. The van der Waals surface area contributed by atoms with Gasteiger partial charge in [-0.2, -0.15) is 0 Å². The fourth-order valence-electron chi connectivity index (χ4n) is 2.54. The van der Waals surface area contributed by atoms with E-state index < -0.39 is 12.0 Å². The molecule has 26 heavy (non-hydrogen) atoms. The Morgan fingerprint density at radius 2 is 1.73 bits per heavy atom. The average Bonchev–Trinajstić information content (AvgIpc) is 3.21. The van der Waals surface area contributed by atoms with E-state index in [4.69, 9.17) is 4.74 Å². The van der Waals surface area contributed by atoms with E-state index in [2.05, 4.69) is 5.32 Å². The first kappa shape index (κ1) is 17.9. The summed E-state index contributed by atoms with van der Waals surface area (Å²) in [5.74, 6) is -0.772. The first-order valence-electron chi connectivity index (χ1n) is 8.25. The van der Waals surface area contributed by atoms with Crippen LogP contribution in [0, 0.1) is 6.92 Å². The lowest BCUT2D eigenvalue weighted by atomic mass is 10.1. The molecule has 0 radical (unpaired) electrons. The van der Waals surface area contributed by atoms with E-state index in [1.165, 1.54) is 11.3 Å². The molecule has 0 aliphatic carbocycles. The van der Waals surface area contributed by atoms with Gasteiger partial charge in [-0.1, -0.05) is 60.7 Å². The van der Waals surface area contributed by atoms with Crippen molar-refractivity contribution in [2.75, 3.05) is 0 Å². The number of nitrogens with one attached hydrogen (secondary N) is 1. The normalized spacial score (nSPS) is 11.6. The van der Waals surface area contributed by atoms with E-state index in [1.807, 2.05) is 54.8 Å². The predicted molar refractivity (Wildman–Crippen MR) is 102 cm³/mol. The maximum Gasteiger partial charge on any atom is 0.333 e. The van der Waals surface area contributed by atoms with Crippen LogP contribution >= 0.6 is 11.3 Å². The third kappa shape index (κ3) is 4.37. The molecule has 3 rings (SSSR count). The molecular weight excluding hydrogens is 346 g/mol. The number of aryl methyl sites for hydroxylation is 1. The molecule has 0 fully saturated rings. The van der Waals surface area contributed by atoms with Crippen molar-refractivity contribution in [1.82, 2.24) is 5.32 Å². The standard InChI is InChI=1S/C21H19NO3S/c1-15-8-5-6-11-17(15)14-25-21(24)19(16-9-3-2-4-10-16)22-20(23)18-12-7-13-26-18/h2-13,19H,14H2,1H3,(H,22,23). The maximum absolute atomic E-state index is 12.7. The molecular formula is C21H19NO3S. The summed E-state index contributed by atoms with van der Waals surface area (Å²) < 4.78 is 5.49. The van der Waals surface area contributed by atoms with Crippen LogP contribution in [0.15, 0.2) is 72.1 Å². The number of thiophene rings is 1. The molecule has 0 bridgehead atoms. The second kappa shape index (κ2) is 8.45. The van der Waals surface area contributed by atoms with Crippen LogP contribution in [0.2, 0.25) is 0 Å². The van der Waals surface area contributed by atoms with E-state index in [9.17, 15) is 9.59 Å². The van der Waals surface area contributed by atoms with Crippen LogP contribution in [0.5, 0.6) is 0 Å². The van der Waals surface area contributed by atoms with Crippen LogP contribution in [0.3, 0.4) is 0 Å². The Kier molecular flexibility index (Phi) is 5.81. The van der Waals surface area contributed by atoms with Crippen LogP contribution in [-0.4, -0.2) is 11.9 Å². The van der Waals surface area contributed by atoms with Crippen molar-refractivity contribution in [3.8, 4) is 0 Å². The predicted octanol–water partition coefficient (Wildman–Crippen LogP) is 4.27. The van der Waals surface area contributed by atoms with Gasteiger partial charge < -0.3 is 10.1 Å². The van der Waals surface area contributed by atoms with Crippen molar-refractivity contribution < 1.29 is 14.3 Å². The van der Waals surface area contributed by atoms with Crippen LogP contribution in [0.25, 0.3) is 0 Å². The second-order valence-corrected chi connectivity index (χ2v) is 6.78. The molecule has 1 N–H and O–H groups in total. The zero-order valence-corrected chi connectivity index (χ0v) is 15.2. The number of carbonyl (C=O) groups is 2. The zero-order valence-electron chi connectivity index (χ0n) is 14.3. The van der Waals surface area contributed by atoms with Gasteiger partial charge in [0.25, 0.3) is 5.91 Å². The highest BCUT2D eigenvalue weighted by Crippen LogP contribution is 2.18. The Morgan fingerprint density at radius 1 is 1.00 bits per heavy atom. The Morgan fingerprint density at radius 3 is 2.42 bits per heavy atom. The highest BCUT2D eigenvalue weighted by atomic mass is 32.1. The number of hydrogen-bond acceptors (Lipinski definition) is 4. The van der Waals surface area contributed by atoms with Crippen molar-refractivity contribution in [3.05, 3.63) is 93.7 Å². The number of amides is 1. The van der Waals surface area contributed by atoms with Crippen molar-refractivity contribution in [2.24, 2.45) is 0 Å². The summed E-state index contributed by atoms with van der Waals surface area (Å²) >= 11 is 1.33. The van der Waals surface area contributed by atoms with E-state index in [-0.39, 0.29) is 12.5 Å². The lowest BCUT2D eigenvalue weighted by Crippen LogP contribution is -2.34. The van der Waals surface area contributed by atoms with Gasteiger partial charge in [0.05, 0.1) is 4.88 Å². The summed E-state index contributed by atoms with van der Waals surface area (Å²) in [4.78, 5) is 25.7. The molecule has 132 valence electrons. The zero-order chi connectivity index (χ0) is 18.4. The van der Waals surface area contributed by atoms with Crippen molar-refractivity contribution in [1.29, 1.82) is 0 Å². The first-order chi connectivity index (χ1) is 12.6. The Hall–Kier alpha value is -2.92. The number of hydrogen-bond donors (Lipinski definition) is 1. The maximum atomic E-state index is 12.7. The quantitative estimate of drug-likeness (QED) is 0.664. The molecule has 0 aliphatic rings. The molecule has 2 aromatic carbocycles. The van der Waals surface area contributed by atoms with Crippen LogP contribution < -0.4 is 5.32 Å². The molecule has 0 spiro atoms. The summed E-state index contributed by atoms with van der Waals surface area (Å²) in [5.41, 5.74) is 2.68. The van der Waals surface area contributed by atoms with Crippen LogP contribution in [0.4, 0.5) is 0 Å². The van der Waals surface area contributed by atoms with Gasteiger partial charge in [-0.15, -0.1) is 11.3 Å². The van der Waals surface area contributed by atoms with E-state index in [0.29, 0.717) is 10.4 Å². The van der Waals surface area contributed by atoms with Crippen molar-refractivity contribution in [2.45, 2.75) is 19.6 Å². The van der Waals surface area contributed by atoms with E-state index in [0.717, 1.165) is 11.1 Å². The average molecular weight is 365 g/mol. The minimum absolute atomic E-state index is 0.170. The molecule has 0 aliphatic heterocycles. The smallest absolute Gasteiger partial charge is 0.333 e. The lowest BCUT2D eigenvalue weighted by molar-refractivity contribution is -0.147. The molecule has 1 aromatic heterocycles. The monoisotopic (exact) mass is 365 g/mol. The second-order valence-electron chi connectivity index (χ2n) is 5.83. The van der Waals surface area contributed by atoms with Crippen LogP contribution in [0.1, 0.15) is 32.4 Å². The fraction of sp³-hybridized carbons (Fsp3) is 0.143. The summed E-state index contributed by atoms with van der Waals surface area (Å²) in [6.45, 7) is 2.14. The Balaban J connectivity index is 1.75. The molecule has 3 aromatic rings. The Labute approximate surface area is 156 Å². The van der Waals surface area contributed by atoms with Gasteiger partial charge in [-0.25, -0.2) is 4.79 Å². The summed E-state index contributed by atoms with van der Waals surface area (Å²) in [6, 6.07) is 19.5. The van der Waals surface area contributed by atoms with Crippen molar-refractivity contribution >= 4 is 23.2 Å². The molecule has 1 amide bonds. The molecule has 1 unspecified atom stereocenters. The molecule has 1 heterocycles. The number of carbonyl (C=O) groups excluding carboxylic acids is 2. The van der Waals surface area contributed by atoms with Gasteiger partial charge in [0.2, 0.25) is 0 Å². The SMILES string of the molecule is Cc1ccccc1COC(=O)C(NC(=O)c1cccs1)c1ccccc1. The topological polar surface area (TPSA) is 55.4 Å². The minimum Gasteiger partial charge on any atom is -0.459 e. The molecule has 0 saturated heterocycles. The van der Waals surface area contributed by atoms with Gasteiger partial charge in [0, 0.05) is 0 Å². The summed E-state index contributed by atoms with van der Waals surface area (Å²) in [5, 5.41) is 4.61. The number of benzene rings is 2. The Bertz CT molecular complexity index is 875. The highest BCUT2D eigenvalue weighted by molar-refractivity contribution is 7.12. The lowest BCUT2D eigenvalue weighted by Gasteiger charge is -2.18. The van der Waals surface area contributed by atoms with E-state index >= 15 is 0 Å². The number of rotatable bonds is 6. The number of ether oxygens (including phenoxy) is 1. The van der Waals surface area contributed by atoms with Gasteiger partial charge in [0.1, 0.15) is 6.61 Å². The molecule has 5 heteroatoms. The van der Waals surface area contributed by atoms with E-state index in [1.54, 1.807) is 24.3 Å². The fourth-order valence-corrected chi connectivity index (χ4v) is 3.16. The first-order valence-corrected chi connectivity index (χ1v) is 9.13.